The van der Waals surface area contributed by atoms with Crippen molar-refractivity contribution in [2.45, 2.75) is 26.9 Å². The molecule has 0 aliphatic carbocycles. The molecule has 0 fully saturated rings. The largest absolute Gasteiger partial charge is 0.463 e. The van der Waals surface area contributed by atoms with Gasteiger partial charge in [-0.05, 0) is 11.6 Å². The van der Waals surface area contributed by atoms with Crippen molar-refractivity contribution in [1.82, 2.24) is 0 Å². The third kappa shape index (κ3) is 1.63. The highest BCUT2D eigenvalue weighted by Crippen LogP contribution is 2.26. The van der Waals surface area contributed by atoms with Gasteiger partial charge in [0.15, 0.2) is 0 Å². The van der Waals surface area contributed by atoms with Crippen molar-refractivity contribution in [1.29, 1.82) is 0 Å². The Bertz CT molecular complexity index is 159. The number of hydrogen-bond acceptors (Lipinski definition) is 2. The molecule has 1 heterocycles. The molecule has 3 heteroatoms. The Morgan fingerprint density at radius 1 is 1.60 bits per heavy atom. The van der Waals surface area contributed by atoms with E-state index in [2.05, 4.69) is 25.8 Å². The summed E-state index contributed by atoms with van der Waals surface area (Å²) in [7, 11) is 0. The van der Waals surface area contributed by atoms with Crippen LogP contribution >= 0.6 is 11.6 Å². The molecule has 10 heavy (non-hydrogen) atoms. The van der Waals surface area contributed by atoms with E-state index in [4.69, 9.17) is 16.3 Å². The summed E-state index contributed by atoms with van der Waals surface area (Å²) in [5, 5.41) is 0.305. The maximum atomic E-state index is 5.54. The minimum Gasteiger partial charge on any atom is -0.463 e. The van der Waals surface area contributed by atoms with Gasteiger partial charge in [0.25, 0.3) is 5.36 Å². The van der Waals surface area contributed by atoms with Gasteiger partial charge >= 0.3 is 0 Å². The third-order valence-corrected chi connectivity index (χ3v) is 1.80. The molecule has 0 aromatic heterocycles. The SMILES string of the molecule is CC(C)(C)C1CN=C(Cl)O1. The van der Waals surface area contributed by atoms with Crippen molar-refractivity contribution in [3.63, 3.8) is 0 Å². The second-order valence-corrected chi connectivity index (χ2v) is 3.89. The van der Waals surface area contributed by atoms with Crippen LogP contribution in [0.15, 0.2) is 4.99 Å². The second kappa shape index (κ2) is 2.42. The van der Waals surface area contributed by atoms with Crippen LogP contribution in [0.2, 0.25) is 0 Å². The minimum atomic E-state index is 0.139. The highest BCUT2D eigenvalue weighted by molar-refractivity contribution is 6.63. The van der Waals surface area contributed by atoms with Crippen molar-refractivity contribution in [2.75, 3.05) is 6.54 Å². The van der Waals surface area contributed by atoms with Crippen molar-refractivity contribution in [3.8, 4) is 0 Å². The molecule has 1 aliphatic heterocycles. The lowest BCUT2D eigenvalue weighted by Crippen LogP contribution is -2.28. The van der Waals surface area contributed by atoms with E-state index in [0.29, 0.717) is 11.9 Å². The molecule has 0 saturated heterocycles. The zero-order valence-corrected chi connectivity index (χ0v) is 7.27. The Balaban J connectivity index is 2.50. The van der Waals surface area contributed by atoms with Gasteiger partial charge in [-0.1, -0.05) is 20.8 Å². The van der Waals surface area contributed by atoms with E-state index < -0.39 is 0 Å². The predicted octanol–water partition coefficient (Wildman–Crippen LogP) is 2.03. The molecule has 1 aliphatic rings. The van der Waals surface area contributed by atoms with Gasteiger partial charge in [-0.2, -0.15) is 0 Å². The lowest BCUT2D eigenvalue weighted by Gasteiger charge is -2.24. The first-order valence-corrected chi connectivity index (χ1v) is 3.74. The van der Waals surface area contributed by atoms with E-state index >= 15 is 0 Å². The molecule has 1 rings (SSSR count). The highest BCUT2D eigenvalue weighted by atomic mass is 35.5. The van der Waals surface area contributed by atoms with Crippen LogP contribution in [0.3, 0.4) is 0 Å². The Labute approximate surface area is 66.2 Å². The summed E-state index contributed by atoms with van der Waals surface area (Å²) in [5.41, 5.74) is 0.139. The molecule has 0 N–H and O–H groups in total. The monoisotopic (exact) mass is 161 g/mol. The fourth-order valence-electron chi connectivity index (χ4n) is 0.797. The van der Waals surface area contributed by atoms with E-state index in [1.807, 2.05) is 0 Å². The zero-order chi connectivity index (χ0) is 7.78. The quantitative estimate of drug-likeness (QED) is 0.533. The molecule has 58 valence electrons. The van der Waals surface area contributed by atoms with Crippen molar-refractivity contribution >= 4 is 17.0 Å². The molecule has 0 bridgehead atoms. The third-order valence-electron chi connectivity index (χ3n) is 1.59. The van der Waals surface area contributed by atoms with E-state index in [9.17, 15) is 0 Å². The number of hydrogen-bond donors (Lipinski definition) is 0. The second-order valence-electron chi connectivity index (χ2n) is 3.57. The summed E-state index contributed by atoms with van der Waals surface area (Å²) >= 11 is 5.54. The fourth-order valence-corrected chi connectivity index (χ4v) is 0.974. The van der Waals surface area contributed by atoms with Crippen molar-refractivity contribution in [3.05, 3.63) is 0 Å². The van der Waals surface area contributed by atoms with Gasteiger partial charge in [0, 0.05) is 5.41 Å². The summed E-state index contributed by atoms with van der Waals surface area (Å²) in [6.07, 6.45) is 0.153. The fraction of sp³-hybridized carbons (Fsp3) is 0.857. The molecule has 0 aromatic rings. The maximum Gasteiger partial charge on any atom is 0.282 e. The number of halogens is 1. The van der Waals surface area contributed by atoms with Gasteiger partial charge in [0.1, 0.15) is 6.10 Å². The van der Waals surface area contributed by atoms with E-state index in [1.54, 1.807) is 0 Å². The van der Waals surface area contributed by atoms with Crippen LogP contribution in [0, 0.1) is 5.41 Å². The summed E-state index contributed by atoms with van der Waals surface area (Å²) in [6.45, 7) is 7.04. The van der Waals surface area contributed by atoms with Gasteiger partial charge in [-0.3, -0.25) is 0 Å². The first kappa shape index (κ1) is 7.86. The highest BCUT2D eigenvalue weighted by Gasteiger charge is 2.30. The van der Waals surface area contributed by atoms with Crippen LogP contribution in [0.25, 0.3) is 0 Å². The van der Waals surface area contributed by atoms with Crippen LogP contribution < -0.4 is 0 Å². The molecular weight excluding hydrogens is 150 g/mol. The average molecular weight is 162 g/mol. The lowest BCUT2D eigenvalue weighted by atomic mass is 9.89. The first-order valence-electron chi connectivity index (χ1n) is 3.37. The predicted molar refractivity (Wildman–Crippen MR) is 42.5 cm³/mol. The number of aliphatic imine (C=N–C) groups is 1. The number of ether oxygens (including phenoxy) is 1. The molecule has 1 unspecified atom stereocenters. The lowest BCUT2D eigenvalue weighted by molar-refractivity contribution is 0.106. The van der Waals surface area contributed by atoms with Crippen LogP contribution in [-0.4, -0.2) is 18.0 Å². The molecule has 1 atom stereocenters. The zero-order valence-electron chi connectivity index (χ0n) is 6.52. The maximum absolute atomic E-state index is 5.54. The van der Waals surface area contributed by atoms with E-state index in [1.165, 1.54) is 0 Å². The topological polar surface area (TPSA) is 21.6 Å². The Hall–Kier alpha value is -0.240. The number of rotatable bonds is 0. The summed E-state index contributed by atoms with van der Waals surface area (Å²) in [4.78, 5) is 3.94. The van der Waals surface area contributed by atoms with Crippen molar-refractivity contribution < 1.29 is 4.74 Å². The molecule has 2 nitrogen and oxygen atoms in total. The van der Waals surface area contributed by atoms with Crippen LogP contribution in [0.4, 0.5) is 0 Å². The summed E-state index contributed by atoms with van der Waals surface area (Å²) < 4.78 is 5.24. The summed E-state index contributed by atoms with van der Waals surface area (Å²) in [6, 6.07) is 0. The van der Waals surface area contributed by atoms with E-state index in [-0.39, 0.29) is 11.5 Å². The Morgan fingerprint density at radius 3 is 2.40 bits per heavy atom. The Morgan fingerprint density at radius 2 is 2.20 bits per heavy atom. The standard InChI is InChI=1S/C7H12ClNO/c1-7(2,3)5-4-9-6(8)10-5/h5H,4H2,1-3H3. The molecular formula is C7H12ClNO. The molecule has 0 spiro atoms. The minimum absolute atomic E-state index is 0.139. The van der Waals surface area contributed by atoms with Crippen LogP contribution in [0.5, 0.6) is 0 Å². The van der Waals surface area contributed by atoms with Crippen LogP contribution in [-0.2, 0) is 4.74 Å². The molecule has 0 aromatic carbocycles. The van der Waals surface area contributed by atoms with Crippen molar-refractivity contribution in [2.24, 2.45) is 10.4 Å². The molecule has 0 saturated carbocycles. The molecule has 0 amide bonds. The van der Waals surface area contributed by atoms with Gasteiger partial charge in [-0.25, -0.2) is 4.99 Å². The smallest absolute Gasteiger partial charge is 0.282 e. The normalized spacial score (nSPS) is 26.0. The van der Waals surface area contributed by atoms with Gasteiger partial charge in [0.05, 0.1) is 6.54 Å². The molecule has 0 radical (unpaired) electrons. The van der Waals surface area contributed by atoms with Crippen LogP contribution in [0.1, 0.15) is 20.8 Å². The van der Waals surface area contributed by atoms with E-state index in [0.717, 1.165) is 0 Å². The van der Waals surface area contributed by atoms with Gasteiger partial charge in [0.2, 0.25) is 0 Å². The average Bonchev–Trinajstić information content (AvgIpc) is 2.11. The summed E-state index contributed by atoms with van der Waals surface area (Å²) in [5.74, 6) is 0. The van der Waals surface area contributed by atoms with Gasteiger partial charge in [-0.15, -0.1) is 0 Å². The Kier molecular flexibility index (Phi) is 1.90. The number of nitrogens with zero attached hydrogens (tertiary/aromatic N) is 1. The first-order chi connectivity index (χ1) is 4.50. The van der Waals surface area contributed by atoms with Gasteiger partial charge < -0.3 is 4.74 Å².